The number of anilines is 1. The van der Waals surface area contributed by atoms with Crippen molar-refractivity contribution in [2.45, 2.75) is 19.4 Å². The standard InChI is InChI=1S/C18H19ClN4O3/c19-14-10-21-18(23-8-4-5-9-23)22-16(14)17(25)20-11-15(24)26-12-13-6-2-1-3-7-13/h1-3,6-7,10H,4-5,8-9,11-12H2,(H,20,25). The quantitative estimate of drug-likeness (QED) is 0.780. The first-order valence-corrected chi connectivity index (χ1v) is 8.76. The van der Waals surface area contributed by atoms with Gasteiger partial charge in [0.15, 0.2) is 5.69 Å². The SMILES string of the molecule is O=C(CNC(=O)c1nc(N2CCCC2)ncc1Cl)OCc1ccccc1. The van der Waals surface area contributed by atoms with Crippen LogP contribution in [0.5, 0.6) is 0 Å². The van der Waals surface area contributed by atoms with Crippen LogP contribution in [0.15, 0.2) is 36.5 Å². The van der Waals surface area contributed by atoms with E-state index in [2.05, 4.69) is 15.3 Å². The Balaban J connectivity index is 1.54. The zero-order valence-electron chi connectivity index (χ0n) is 14.2. The molecule has 136 valence electrons. The number of ether oxygens (including phenoxy) is 1. The van der Waals surface area contributed by atoms with Crippen LogP contribution in [0.2, 0.25) is 5.02 Å². The number of esters is 1. The molecule has 1 aromatic carbocycles. The van der Waals surface area contributed by atoms with Crippen molar-refractivity contribution < 1.29 is 14.3 Å². The second kappa shape index (κ2) is 8.62. The highest BCUT2D eigenvalue weighted by Gasteiger charge is 2.20. The molecule has 1 aliphatic rings. The molecule has 0 spiro atoms. The van der Waals surface area contributed by atoms with Crippen LogP contribution in [-0.2, 0) is 16.1 Å². The Kier molecular flexibility index (Phi) is 6.01. The molecule has 1 aliphatic heterocycles. The molecule has 8 heteroatoms. The smallest absolute Gasteiger partial charge is 0.325 e. The normalized spacial score (nSPS) is 13.5. The first-order valence-electron chi connectivity index (χ1n) is 8.39. The van der Waals surface area contributed by atoms with E-state index >= 15 is 0 Å². The van der Waals surface area contributed by atoms with Crippen LogP contribution in [0, 0.1) is 0 Å². The summed E-state index contributed by atoms with van der Waals surface area (Å²) in [6.45, 7) is 1.61. The molecule has 0 aliphatic carbocycles. The fraction of sp³-hybridized carbons (Fsp3) is 0.333. The van der Waals surface area contributed by atoms with Crippen LogP contribution in [-0.4, -0.2) is 41.5 Å². The summed E-state index contributed by atoms with van der Waals surface area (Å²) in [6.07, 6.45) is 3.55. The minimum Gasteiger partial charge on any atom is -0.460 e. The highest BCUT2D eigenvalue weighted by molar-refractivity contribution is 6.33. The van der Waals surface area contributed by atoms with Gasteiger partial charge in [0.2, 0.25) is 5.95 Å². The molecule has 3 rings (SSSR count). The molecule has 1 amide bonds. The Labute approximate surface area is 156 Å². The van der Waals surface area contributed by atoms with Crippen molar-refractivity contribution in [2.75, 3.05) is 24.5 Å². The zero-order valence-corrected chi connectivity index (χ0v) is 14.9. The number of nitrogens with one attached hydrogen (secondary N) is 1. The molecule has 2 aromatic rings. The molecule has 2 heterocycles. The molecule has 0 bridgehead atoms. The van der Waals surface area contributed by atoms with E-state index in [0.29, 0.717) is 5.95 Å². The van der Waals surface area contributed by atoms with Gasteiger partial charge < -0.3 is 15.0 Å². The summed E-state index contributed by atoms with van der Waals surface area (Å²) in [6, 6.07) is 9.31. The van der Waals surface area contributed by atoms with Crippen molar-refractivity contribution in [3.8, 4) is 0 Å². The fourth-order valence-electron chi connectivity index (χ4n) is 2.61. The lowest BCUT2D eigenvalue weighted by Crippen LogP contribution is -2.32. The van der Waals surface area contributed by atoms with Gasteiger partial charge in [0, 0.05) is 13.1 Å². The minimum atomic E-state index is -0.535. The molecular formula is C18H19ClN4O3. The largest absolute Gasteiger partial charge is 0.460 e. The van der Waals surface area contributed by atoms with E-state index in [1.807, 2.05) is 35.2 Å². The number of carbonyl (C=O) groups excluding carboxylic acids is 2. The molecule has 0 unspecified atom stereocenters. The van der Waals surface area contributed by atoms with Crippen LogP contribution in [0.4, 0.5) is 5.95 Å². The maximum Gasteiger partial charge on any atom is 0.325 e. The summed E-state index contributed by atoms with van der Waals surface area (Å²) >= 11 is 6.03. The average molecular weight is 375 g/mol. The molecule has 1 aromatic heterocycles. The first-order chi connectivity index (χ1) is 12.6. The maximum atomic E-state index is 12.3. The van der Waals surface area contributed by atoms with Gasteiger partial charge in [-0.2, -0.15) is 0 Å². The first kappa shape index (κ1) is 18.1. The molecule has 1 fully saturated rings. The molecule has 26 heavy (non-hydrogen) atoms. The molecular weight excluding hydrogens is 356 g/mol. The Morgan fingerprint density at radius 3 is 2.65 bits per heavy atom. The van der Waals surface area contributed by atoms with Gasteiger partial charge in [0.25, 0.3) is 5.91 Å². The second-order valence-corrected chi connectivity index (χ2v) is 6.30. The number of hydrogen-bond donors (Lipinski definition) is 1. The van der Waals surface area contributed by atoms with Gasteiger partial charge in [-0.1, -0.05) is 41.9 Å². The maximum absolute atomic E-state index is 12.3. The number of carbonyl (C=O) groups is 2. The summed E-state index contributed by atoms with van der Waals surface area (Å²) in [5, 5.41) is 2.63. The third kappa shape index (κ3) is 4.70. The van der Waals surface area contributed by atoms with Gasteiger partial charge in [0.05, 0.1) is 11.2 Å². The van der Waals surface area contributed by atoms with E-state index in [0.717, 1.165) is 31.5 Å². The van der Waals surface area contributed by atoms with Gasteiger partial charge in [-0.05, 0) is 18.4 Å². The Morgan fingerprint density at radius 1 is 1.19 bits per heavy atom. The lowest BCUT2D eigenvalue weighted by Gasteiger charge is -2.15. The van der Waals surface area contributed by atoms with E-state index in [1.165, 1.54) is 6.20 Å². The molecule has 1 saturated heterocycles. The summed E-state index contributed by atoms with van der Waals surface area (Å²) in [5.41, 5.74) is 0.931. The van der Waals surface area contributed by atoms with Crippen LogP contribution in [0.3, 0.4) is 0 Å². The fourth-order valence-corrected chi connectivity index (χ4v) is 2.79. The predicted octanol–water partition coefficient (Wildman–Crippen LogP) is 2.20. The predicted molar refractivity (Wildman–Crippen MR) is 97.1 cm³/mol. The molecule has 7 nitrogen and oxygen atoms in total. The van der Waals surface area contributed by atoms with Gasteiger partial charge in [-0.15, -0.1) is 0 Å². The summed E-state index contributed by atoms with van der Waals surface area (Å²) in [5.74, 6) is -0.592. The monoisotopic (exact) mass is 374 g/mol. The van der Waals surface area contributed by atoms with Crippen molar-refractivity contribution in [1.29, 1.82) is 0 Å². The van der Waals surface area contributed by atoms with Crippen LogP contribution < -0.4 is 10.2 Å². The van der Waals surface area contributed by atoms with Crippen LogP contribution in [0.1, 0.15) is 28.9 Å². The number of amides is 1. The highest BCUT2D eigenvalue weighted by Crippen LogP contribution is 2.19. The third-order valence-electron chi connectivity index (χ3n) is 3.97. The van der Waals surface area contributed by atoms with E-state index in [-0.39, 0.29) is 23.9 Å². The molecule has 1 N–H and O–H groups in total. The van der Waals surface area contributed by atoms with Crippen molar-refractivity contribution in [2.24, 2.45) is 0 Å². The van der Waals surface area contributed by atoms with E-state index in [9.17, 15) is 9.59 Å². The highest BCUT2D eigenvalue weighted by atomic mass is 35.5. The summed E-state index contributed by atoms with van der Waals surface area (Å²) < 4.78 is 5.12. The van der Waals surface area contributed by atoms with E-state index in [4.69, 9.17) is 16.3 Å². The van der Waals surface area contributed by atoms with E-state index < -0.39 is 11.9 Å². The van der Waals surface area contributed by atoms with Gasteiger partial charge >= 0.3 is 5.97 Å². The van der Waals surface area contributed by atoms with Gasteiger partial charge in [0.1, 0.15) is 13.2 Å². The van der Waals surface area contributed by atoms with Crippen LogP contribution >= 0.6 is 11.6 Å². The minimum absolute atomic E-state index is 0.0550. The van der Waals surface area contributed by atoms with Crippen molar-refractivity contribution in [1.82, 2.24) is 15.3 Å². The zero-order chi connectivity index (χ0) is 18.4. The van der Waals surface area contributed by atoms with Crippen molar-refractivity contribution in [3.63, 3.8) is 0 Å². The average Bonchev–Trinajstić information content (AvgIpc) is 3.20. The summed E-state index contributed by atoms with van der Waals surface area (Å²) in [4.78, 5) is 34.5. The van der Waals surface area contributed by atoms with Crippen molar-refractivity contribution >= 4 is 29.4 Å². The van der Waals surface area contributed by atoms with Crippen LogP contribution in [0.25, 0.3) is 0 Å². The Bertz CT molecular complexity index is 779. The number of hydrogen-bond acceptors (Lipinski definition) is 6. The molecule has 0 atom stereocenters. The lowest BCUT2D eigenvalue weighted by atomic mass is 10.2. The summed E-state index contributed by atoms with van der Waals surface area (Å²) in [7, 11) is 0. The van der Waals surface area contributed by atoms with E-state index in [1.54, 1.807) is 0 Å². The second-order valence-electron chi connectivity index (χ2n) is 5.89. The van der Waals surface area contributed by atoms with Gasteiger partial charge in [-0.25, -0.2) is 9.97 Å². The number of halogens is 1. The number of rotatable bonds is 6. The Hall–Kier alpha value is -2.67. The topological polar surface area (TPSA) is 84.4 Å². The number of benzene rings is 1. The lowest BCUT2D eigenvalue weighted by molar-refractivity contribution is -0.143. The number of nitrogens with zero attached hydrogens (tertiary/aromatic N) is 3. The molecule has 0 radical (unpaired) electrons. The number of aromatic nitrogens is 2. The third-order valence-corrected chi connectivity index (χ3v) is 4.25. The van der Waals surface area contributed by atoms with Gasteiger partial charge in [-0.3, -0.25) is 9.59 Å². The van der Waals surface area contributed by atoms with Crippen molar-refractivity contribution in [3.05, 3.63) is 52.8 Å². The molecule has 0 saturated carbocycles. The Morgan fingerprint density at radius 2 is 1.92 bits per heavy atom.